The van der Waals surface area contributed by atoms with Crippen molar-refractivity contribution in [2.45, 2.75) is 18.9 Å². The smallest absolute Gasteiger partial charge is 0.0670 e. The van der Waals surface area contributed by atoms with Gasteiger partial charge in [-0.15, -0.1) is 0 Å². The molecule has 4 rings (SSSR count). The number of rotatable bonds is 5. The van der Waals surface area contributed by atoms with E-state index in [0.29, 0.717) is 16.0 Å². The third-order valence-electron chi connectivity index (χ3n) is 5.84. The molecule has 0 aliphatic carbocycles. The summed E-state index contributed by atoms with van der Waals surface area (Å²) in [4.78, 5) is 4.95. The molecule has 0 bridgehead atoms. The van der Waals surface area contributed by atoms with E-state index in [-0.39, 0.29) is 6.04 Å². The number of benzene rings is 3. The fraction of sp³-hybridized carbons (Fsp3) is 0.280. The van der Waals surface area contributed by atoms with Crippen molar-refractivity contribution in [1.82, 2.24) is 4.90 Å². The van der Waals surface area contributed by atoms with Crippen molar-refractivity contribution < 1.29 is 0 Å². The van der Waals surface area contributed by atoms with Crippen molar-refractivity contribution in [3.63, 3.8) is 0 Å². The number of halogens is 3. The summed E-state index contributed by atoms with van der Waals surface area (Å²) in [7, 11) is 0. The molecule has 0 spiro atoms. The maximum atomic E-state index is 6.58. The zero-order valence-electron chi connectivity index (χ0n) is 16.9. The molecule has 5 heteroatoms. The van der Waals surface area contributed by atoms with E-state index in [2.05, 4.69) is 59.2 Å². The van der Waals surface area contributed by atoms with Crippen LogP contribution in [0.15, 0.2) is 72.8 Å². The van der Waals surface area contributed by atoms with Gasteiger partial charge in [0.25, 0.3) is 0 Å². The second kappa shape index (κ2) is 9.62. The molecule has 1 heterocycles. The molecule has 3 aromatic rings. The zero-order chi connectivity index (χ0) is 21.1. The minimum absolute atomic E-state index is 0.192. The van der Waals surface area contributed by atoms with Crippen LogP contribution in [-0.2, 0) is 0 Å². The molecular formula is C25H25Cl3N2. The number of hydrogen-bond acceptors (Lipinski definition) is 2. The first-order valence-corrected chi connectivity index (χ1v) is 11.4. The Morgan fingerprint density at radius 1 is 0.867 bits per heavy atom. The summed E-state index contributed by atoms with van der Waals surface area (Å²) < 4.78 is 0. The Kier molecular flexibility index (Phi) is 6.90. The van der Waals surface area contributed by atoms with Gasteiger partial charge in [-0.1, -0.05) is 84.2 Å². The lowest BCUT2D eigenvalue weighted by Gasteiger charge is -2.44. The van der Waals surface area contributed by atoms with Crippen LogP contribution in [0, 0.1) is 0 Å². The first-order valence-electron chi connectivity index (χ1n) is 10.3. The second-order valence-corrected chi connectivity index (χ2v) is 9.21. The quantitative estimate of drug-likeness (QED) is 0.394. The van der Waals surface area contributed by atoms with Crippen LogP contribution in [0.2, 0.25) is 15.1 Å². The van der Waals surface area contributed by atoms with Crippen LogP contribution in [0.25, 0.3) is 0 Å². The van der Waals surface area contributed by atoms with Crippen LogP contribution in [0.1, 0.15) is 30.0 Å². The van der Waals surface area contributed by atoms with E-state index in [1.165, 1.54) is 11.1 Å². The largest absolute Gasteiger partial charge is 0.361 e. The van der Waals surface area contributed by atoms with Crippen LogP contribution in [0.5, 0.6) is 0 Å². The highest BCUT2D eigenvalue weighted by Gasteiger charge is 2.30. The van der Waals surface area contributed by atoms with Crippen LogP contribution in [0.4, 0.5) is 5.69 Å². The normalized spacial score (nSPS) is 18.4. The van der Waals surface area contributed by atoms with Crippen molar-refractivity contribution in [3.8, 4) is 0 Å². The predicted octanol–water partition coefficient (Wildman–Crippen LogP) is 7.31. The van der Waals surface area contributed by atoms with Crippen LogP contribution >= 0.6 is 34.8 Å². The summed E-state index contributed by atoms with van der Waals surface area (Å²) in [5, 5.41) is 2.09. The lowest BCUT2D eigenvalue weighted by Crippen LogP contribution is -2.49. The minimum Gasteiger partial charge on any atom is -0.361 e. The van der Waals surface area contributed by atoms with E-state index < -0.39 is 0 Å². The Labute approximate surface area is 194 Å². The molecule has 2 atom stereocenters. The van der Waals surface area contributed by atoms with E-state index in [4.69, 9.17) is 34.8 Å². The fourth-order valence-electron chi connectivity index (χ4n) is 4.25. The third-order valence-corrected chi connectivity index (χ3v) is 6.63. The Balaban J connectivity index is 1.59. The first-order chi connectivity index (χ1) is 14.5. The molecule has 1 aliphatic heterocycles. The highest BCUT2D eigenvalue weighted by atomic mass is 35.5. The maximum absolute atomic E-state index is 6.58. The maximum Gasteiger partial charge on any atom is 0.0670 e. The number of nitrogens with zero attached hydrogens (tertiary/aromatic N) is 2. The van der Waals surface area contributed by atoms with Crippen LogP contribution in [0.3, 0.4) is 0 Å². The van der Waals surface area contributed by atoms with Crippen molar-refractivity contribution in [3.05, 3.63) is 99.0 Å². The van der Waals surface area contributed by atoms with Gasteiger partial charge in [0, 0.05) is 36.2 Å². The Morgan fingerprint density at radius 2 is 1.57 bits per heavy atom. The van der Waals surface area contributed by atoms with Gasteiger partial charge in [0.2, 0.25) is 0 Å². The fourth-order valence-corrected chi connectivity index (χ4v) is 4.90. The van der Waals surface area contributed by atoms with Gasteiger partial charge in [-0.2, -0.15) is 0 Å². The molecule has 0 amide bonds. The molecule has 30 heavy (non-hydrogen) atoms. The molecular weight excluding hydrogens is 435 g/mol. The van der Waals surface area contributed by atoms with Crippen molar-refractivity contribution >= 4 is 40.5 Å². The summed E-state index contributed by atoms with van der Waals surface area (Å²) in [5.74, 6) is 0.475. The standard InChI is InChI=1S/C25H25Cl3N2/c1-18(19-5-3-2-4-6-19)16-29-13-14-30(24-12-11-22(27)15-23(24)28)25(17-29)20-7-9-21(26)10-8-20/h2-12,15,18,25H,13-14,16-17H2,1H3/t18-,25-/m0/s1. The van der Waals surface area contributed by atoms with Gasteiger partial charge in [0.15, 0.2) is 0 Å². The average Bonchev–Trinajstić information content (AvgIpc) is 2.75. The lowest BCUT2D eigenvalue weighted by molar-refractivity contribution is 0.214. The van der Waals surface area contributed by atoms with E-state index in [1.54, 1.807) is 0 Å². The first kappa shape index (κ1) is 21.5. The molecule has 0 unspecified atom stereocenters. The van der Waals surface area contributed by atoms with Crippen molar-refractivity contribution in [1.29, 1.82) is 0 Å². The number of anilines is 1. The zero-order valence-corrected chi connectivity index (χ0v) is 19.2. The van der Waals surface area contributed by atoms with E-state index in [1.807, 2.05) is 30.3 Å². The topological polar surface area (TPSA) is 6.48 Å². The molecule has 0 radical (unpaired) electrons. The SMILES string of the molecule is C[C@@H](CN1CCN(c2ccc(Cl)cc2Cl)[C@H](c2ccc(Cl)cc2)C1)c1ccccc1. The molecule has 3 aromatic carbocycles. The van der Waals surface area contributed by atoms with Crippen molar-refractivity contribution in [2.75, 3.05) is 31.1 Å². The summed E-state index contributed by atoms with van der Waals surface area (Å²) in [6.07, 6.45) is 0. The van der Waals surface area contributed by atoms with E-state index in [9.17, 15) is 0 Å². The van der Waals surface area contributed by atoms with Gasteiger partial charge >= 0.3 is 0 Å². The molecule has 0 N–H and O–H groups in total. The molecule has 2 nitrogen and oxygen atoms in total. The molecule has 0 aromatic heterocycles. The highest BCUT2D eigenvalue weighted by molar-refractivity contribution is 6.36. The second-order valence-electron chi connectivity index (χ2n) is 7.93. The van der Waals surface area contributed by atoms with Gasteiger partial charge in [-0.3, -0.25) is 4.90 Å². The monoisotopic (exact) mass is 458 g/mol. The van der Waals surface area contributed by atoms with Gasteiger partial charge < -0.3 is 4.90 Å². The van der Waals surface area contributed by atoms with Crippen molar-refractivity contribution in [2.24, 2.45) is 0 Å². The van der Waals surface area contributed by atoms with Gasteiger partial charge in [-0.25, -0.2) is 0 Å². The van der Waals surface area contributed by atoms with Crippen LogP contribution < -0.4 is 4.90 Å². The van der Waals surface area contributed by atoms with E-state index in [0.717, 1.165) is 36.9 Å². The summed E-state index contributed by atoms with van der Waals surface area (Å²) in [5.41, 5.74) is 3.64. The summed E-state index contributed by atoms with van der Waals surface area (Å²) in [6, 6.07) is 24.8. The molecule has 1 fully saturated rings. The summed E-state index contributed by atoms with van der Waals surface area (Å²) >= 11 is 18.9. The Morgan fingerprint density at radius 3 is 2.27 bits per heavy atom. The number of piperazine rings is 1. The third kappa shape index (κ3) is 4.95. The molecule has 0 saturated carbocycles. The average molecular weight is 460 g/mol. The number of hydrogen-bond donors (Lipinski definition) is 0. The predicted molar refractivity (Wildman–Crippen MR) is 129 cm³/mol. The Bertz CT molecular complexity index is 975. The lowest BCUT2D eigenvalue weighted by atomic mass is 9.97. The van der Waals surface area contributed by atoms with Crippen LogP contribution in [-0.4, -0.2) is 31.1 Å². The highest BCUT2D eigenvalue weighted by Crippen LogP contribution is 2.37. The van der Waals surface area contributed by atoms with E-state index >= 15 is 0 Å². The molecule has 156 valence electrons. The van der Waals surface area contributed by atoms with Gasteiger partial charge in [0.1, 0.15) is 0 Å². The summed E-state index contributed by atoms with van der Waals surface area (Å²) in [6.45, 7) is 6.14. The minimum atomic E-state index is 0.192. The van der Waals surface area contributed by atoms with Gasteiger partial charge in [-0.05, 0) is 47.4 Å². The molecule has 1 aliphatic rings. The molecule has 1 saturated heterocycles. The Hall–Kier alpha value is -1.71. The van der Waals surface area contributed by atoms with Gasteiger partial charge in [0.05, 0.1) is 16.8 Å².